The zero-order valence-electron chi connectivity index (χ0n) is 34.7. The Morgan fingerprint density at radius 1 is 0.537 bits per heavy atom. The summed E-state index contributed by atoms with van der Waals surface area (Å²) in [4.78, 5) is 34.9. The quantitative estimate of drug-likeness (QED) is 0.0956. The number of thiophene rings is 2. The molecule has 2 aromatic heterocycles. The third-order valence-electron chi connectivity index (χ3n) is 12.0. The van der Waals surface area contributed by atoms with E-state index in [2.05, 4.69) is 138 Å². The van der Waals surface area contributed by atoms with Crippen molar-refractivity contribution < 1.29 is 9.59 Å². The number of rotatable bonds is 16. The van der Waals surface area contributed by atoms with E-state index in [1.165, 1.54) is 0 Å². The molecule has 0 N–H and O–H groups in total. The van der Waals surface area contributed by atoms with E-state index in [0.717, 1.165) is 67.2 Å². The van der Waals surface area contributed by atoms with Crippen LogP contribution in [0.1, 0.15) is 131 Å². The summed E-state index contributed by atoms with van der Waals surface area (Å²) < 4.78 is 1.95. The number of halogens is 2. The van der Waals surface area contributed by atoms with Crippen LogP contribution in [-0.4, -0.2) is 50.9 Å². The molecule has 54 heavy (non-hydrogen) atoms. The van der Waals surface area contributed by atoms with Gasteiger partial charge in [-0.05, 0) is 115 Å². The Morgan fingerprint density at radius 3 is 1.11 bits per heavy atom. The highest BCUT2D eigenvalue weighted by atomic mass is 79.9. The number of hydrogen-bond donors (Lipinski definition) is 0. The molecular weight excluding hydrogens is 869 g/mol. The molecule has 2 aliphatic rings. The molecule has 0 unspecified atom stereocenters. The topological polar surface area (TPSA) is 40.6 Å². The van der Waals surface area contributed by atoms with Gasteiger partial charge in [-0.15, -0.1) is 45.6 Å². The van der Waals surface area contributed by atoms with Crippen LogP contribution in [0.25, 0.3) is 11.4 Å². The molecule has 0 bridgehead atoms. The highest BCUT2D eigenvalue weighted by molar-refractivity contribution is 9.11. The van der Waals surface area contributed by atoms with E-state index in [4.69, 9.17) is 0 Å². The number of nitrogens with zero attached hydrogens (tertiary/aromatic N) is 2. The van der Waals surface area contributed by atoms with E-state index in [1.54, 1.807) is 22.7 Å². The van der Waals surface area contributed by atoms with Crippen molar-refractivity contribution in [1.29, 1.82) is 0 Å². The van der Waals surface area contributed by atoms with Gasteiger partial charge in [0.15, 0.2) is 0 Å². The van der Waals surface area contributed by atoms with Gasteiger partial charge in [-0.3, -0.25) is 9.59 Å². The van der Waals surface area contributed by atoms with E-state index < -0.39 is 16.1 Å². The predicted molar refractivity (Wildman–Crippen MR) is 247 cm³/mol. The molecule has 0 saturated heterocycles. The van der Waals surface area contributed by atoms with Crippen LogP contribution >= 0.6 is 54.5 Å². The fraction of sp³-hybridized carbons (Fsp3) is 0.591. The first kappa shape index (κ1) is 45.0. The van der Waals surface area contributed by atoms with Gasteiger partial charge in [-0.2, -0.15) is 0 Å². The molecule has 0 aliphatic carbocycles. The van der Waals surface area contributed by atoms with Gasteiger partial charge in [0, 0.05) is 25.9 Å². The van der Waals surface area contributed by atoms with Crippen LogP contribution in [0.3, 0.4) is 0 Å². The maximum Gasteiger partial charge on any atom is 0.261 e. The zero-order chi connectivity index (χ0) is 40.1. The number of fused-ring (bicyclic) bond motifs is 1. The van der Waals surface area contributed by atoms with Crippen LogP contribution in [0.5, 0.6) is 0 Å². The summed E-state index contributed by atoms with van der Waals surface area (Å²) in [5.41, 5.74) is 14.0. The first-order valence-corrected chi connectivity index (χ1v) is 27.8. The Bertz CT molecular complexity index is 1680. The molecule has 4 rings (SSSR count). The Hall–Kier alpha value is -1.67. The Kier molecular flexibility index (Phi) is 16.0. The smallest absolute Gasteiger partial charge is 0.261 e. The van der Waals surface area contributed by atoms with Gasteiger partial charge in [-0.1, -0.05) is 83.1 Å². The summed E-state index contributed by atoms with van der Waals surface area (Å²) in [6.07, 6.45) is 5.11. The highest BCUT2D eigenvalue weighted by Gasteiger charge is 2.49. The second-order valence-electron chi connectivity index (χ2n) is 16.9. The number of amides is 2. The summed E-state index contributed by atoms with van der Waals surface area (Å²) in [6.45, 7) is 29.3. The number of unbranched alkanes of at least 4 members (excludes halogenated alkanes) is 4. The number of carbonyl (C=O) groups is 2. The molecule has 294 valence electrons. The van der Waals surface area contributed by atoms with E-state index in [-0.39, 0.29) is 11.8 Å². The number of carbonyl (C=O) groups excluding carboxylic acids is 2. The van der Waals surface area contributed by atoms with Gasteiger partial charge >= 0.3 is 0 Å². The minimum absolute atomic E-state index is 0.0694. The average Bonchev–Trinajstić information content (AvgIpc) is 3.84. The van der Waals surface area contributed by atoms with Crippen LogP contribution in [0.15, 0.2) is 43.0 Å². The third-order valence-corrected chi connectivity index (χ3v) is 27.9. The lowest BCUT2D eigenvalue weighted by Crippen LogP contribution is -2.43. The fourth-order valence-electron chi connectivity index (χ4n) is 9.48. The third kappa shape index (κ3) is 9.05. The van der Waals surface area contributed by atoms with Crippen molar-refractivity contribution >= 4 is 93.9 Å². The lowest BCUT2D eigenvalue weighted by molar-refractivity contribution is -0.124. The Labute approximate surface area is 354 Å². The Morgan fingerprint density at radius 2 is 0.852 bits per heavy atom. The first-order chi connectivity index (χ1) is 25.4. The largest absolute Gasteiger partial charge is 0.306 e. The fourth-order valence-corrected chi connectivity index (χ4v) is 23.0. The van der Waals surface area contributed by atoms with Crippen molar-refractivity contribution in [3.8, 4) is 22.9 Å². The standard InChI is InChI=1S/C44H62Br2N2O2S2Si2/c1-29(2)53(30(3)4,31(5)6)27-19-15-13-17-25-47-41(35-21-23-37(45)51-35)39-40(43(47)49)42(36-22-24-38(46)52-36)48(44(39)50)26-18-14-16-20-28-54(32(7)8,33(9)10)34(11)12/h21-24,29-34H,13-18,25-26H2,1-12H3. The zero-order valence-corrected chi connectivity index (χ0v) is 41.5. The minimum atomic E-state index is -1.77. The minimum Gasteiger partial charge on any atom is -0.306 e. The van der Waals surface area contributed by atoms with Crippen molar-refractivity contribution in [2.24, 2.45) is 0 Å². The van der Waals surface area contributed by atoms with E-state index in [9.17, 15) is 9.59 Å². The van der Waals surface area contributed by atoms with E-state index >= 15 is 0 Å². The molecule has 0 saturated carbocycles. The summed E-state index contributed by atoms with van der Waals surface area (Å²) in [6, 6.07) is 8.08. The molecular formula is C44H62Br2N2O2S2Si2. The SMILES string of the molecule is CC(C)[Si](C#CCCCCN1C(=O)C2=C(c3ccc(Br)s3)N(CCCCC#C[Si](C(C)C)(C(C)C)C(C)C)C(=O)C2=C1c1ccc(Br)s1)(C(C)C)C(C)C. The average molecular weight is 931 g/mol. The molecule has 0 aromatic carbocycles. The predicted octanol–water partition coefficient (Wildman–Crippen LogP) is 13.9. The van der Waals surface area contributed by atoms with Crippen LogP contribution in [0, 0.1) is 22.9 Å². The first-order valence-electron chi connectivity index (χ1n) is 20.1. The normalized spacial score (nSPS) is 15.3. The van der Waals surface area contributed by atoms with Crippen molar-refractivity contribution in [3.05, 3.63) is 52.7 Å². The molecule has 0 fully saturated rings. The van der Waals surface area contributed by atoms with Crippen molar-refractivity contribution in [2.45, 2.75) is 155 Å². The molecule has 2 aromatic rings. The molecule has 2 aliphatic heterocycles. The molecule has 4 nitrogen and oxygen atoms in total. The molecule has 2 amide bonds. The van der Waals surface area contributed by atoms with Gasteiger partial charge in [0.1, 0.15) is 16.1 Å². The van der Waals surface area contributed by atoms with Gasteiger partial charge in [-0.25, -0.2) is 0 Å². The highest BCUT2D eigenvalue weighted by Crippen LogP contribution is 2.49. The summed E-state index contributed by atoms with van der Waals surface area (Å²) in [7, 11) is -3.55. The van der Waals surface area contributed by atoms with Crippen molar-refractivity contribution in [2.75, 3.05) is 13.1 Å². The van der Waals surface area contributed by atoms with E-state index in [0.29, 0.717) is 57.5 Å². The van der Waals surface area contributed by atoms with Crippen molar-refractivity contribution in [3.63, 3.8) is 0 Å². The number of hydrogen-bond acceptors (Lipinski definition) is 4. The van der Waals surface area contributed by atoms with Crippen molar-refractivity contribution in [1.82, 2.24) is 9.80 Å². The second-order valence-corrected chi connectivity index (χ2v) is 33.0. The maximum absolute atomic E-state index is 14.6. The van der Waals surface area contributed by atoms with Crippen LogP contribution < -0.4 is 0 Å². The van der Waals surface area contributed by atoms with Crippen LogP contribution in [0.4, 0.5) is 0 Å². The van der Waals surface area contributed by atoms with Gasteiger partial charge in [0.2, 0.25) is 0 Å². The summed E-state index contributed by atoms with van der Waals surface area (Å²) in [5, 5.41) is 0. The van der Waals surface area contributed by atoms with Crippen LogP contribution in [-0.2, 0) is 9.59 Å². The molecule has 0 spiro atoms. The molecule has 0 radical (unpaired) electrons. The summed E-state index contributed by atoms with van der Waals surface area (Å²) in [5.74, 6) is 7.07. The van der Waals surface area contributed by atoms with Gasteiger partial charge in [0.05, 0.1) is 39.9 Å². The second kappa shape index (κ2) is 19.2. The van der Waals surface area contributed by atoms with Gasteiger partial charge < -0.3 is 9.80 Å². The Balaban J connectivity index is 1.60. The molecule has 10 heteroatoms. The maximum atomic E-state index is 14.6. The van der Waals surface area contributed by atoms with Crippen LogP contribution in [0.2, 0.25) is 33.2 Å². The lowest BCUT2D eigenvalue weighted by atomic mass is 10.1. The van der Waals surface area contributed by atoms with Gasteiger partial charge in [0.25, 0.3) is 11.8 Å². The lowest BCUT2D eigenvalue weighted by Gasteiger charge is -2.38. The van der Waals surface area contributed by atoms with E-state index in [1.807, 2.05) is 34.1 Å². The molecule has 0 atom stereocenters. The monoisotopic (exact) mass is 928 g/mol. The molecule has 4 heterocycles. The summed E-state index contributed by atoms with van der Waals surface area (Å²) >= 11 is 10.4.